The number of thioether (sulfide) groups is 1. The van der Waals surface area contributed by atoms with Crippen molar-refractivity contribution in [2.45, 2.75) is 24.8 Å². The van der Waals surface area contributed by atoms with Gasteiger partial charge in [-0.1, -0.05) is 19.1 Å². The first-order valence-electron chi connectivity index (χ1n) is 6.73. The van der Waals surface area contributed by atoms with Crippen LogP contribution in [-0.4, -0.2) is 20.7 Å². The standard InChI is InChI=1S/C11H14N3S.C5H5.Fe/c1-3-15-11-6-4-5-10(11)9(2)14-8-7-12-13-14;1-2-4-5-3-1;/h4-9H,3H2,1-2H3;1-5H;/q2*-1;+2/t9-;;/m0../s1. The van der Waals surface area contributed by atoms with E-state index in [1.165, 1.54) is 10.5 Å². The van der Waals surface area contributed by atoms with Gasteiger partial charge in [-0.15, -0.1) is 9.99 Å². The summed E-state index contributed by atoms with van der Waals surface area (Å²) in [5.74, 6) is 1.10. The van der Waals surface area contributed by atoms with E-state index in [0.29, 0.717) is 0 Å². The van der Waals surface area contributed by atoms with Gasteiger partial charge in [-0.2, -0.15) is 47.7 Å². The Kier molecular flexibility index (Phi) is 8.13. The molecule has 0 fully saturated rings. The Bertz CT molecular complexity index is 555. The number of hydrogen-bond donors (Lipinski definition) is 0. The van der Waals surface area contributed by atoms with Crippen LogP contribution in [0.15, 0.2) is 65.8 Å². The molecule has 0 saturated heterocycles. The van der Waals surface area contributed by atoms with E-state index in [-0.39, 0.29) is 23.1 Å². The molecule has 21 heavy (non-hydrogen) atoms. The minimum absolute atomic E-state index is 0. The second kappa shape index (κ2) is 9.61. The predicted octanol–water partition coefficient (Wildman–Crippen LogP) is 4.12. The fourth-order valence-electron chi connectivity index (χ4n) is 1.94. The van der Waals surface area contributed by atoms with Gasteiger partial charge in [0.2, 0.25) is 0 Å². The molecule has 112 valence electrons. The van der Waals surface area contributed by atoms with Gasteiger partial charge in [0.1, 0.15) is 0 Å². The second-order valence-electron chi connectivity index (χ2n) is 4.30. The molecule has 3 rings (SSSR count). The van der Waals surface area contributed by atoms with Gasteiger partial charge in [0.05, 0.1) is 6.20 Å². The molecule has 0 saturated carbocycles. The Hall–Kier alpha value is -1.29. The van der Waals surface area contributed by atoms with Crippen molar-refractivity contribution in [2.24, 2.45) is 0 Å². The van der Waals surface area contributed by atoms with Crippen LogP contribution in [0.2, 0.25) is 0 Å². The first kappa shape index (κ1) is 17.8. The number of hydrogen-bond acceptors (Lipinski definition) is 3. The van der Waals surface area contributed by atoms with Crippen molar-refractivity contribution < 1.29 is 17.1 Å². The average Bonchev–Trinajstić information content (AvgIpc) is 3.22. The molecule has 1 atom stereocenters. The number of aromatic nitrogens is 3. The fourth-order valence-corrected chi connectivity index (χ4v) is 2.83. The Morgan fingerprint density at radius 1 is 1.29 bits per heavy atom. The second-order valence-corrected chi connectivity index (χ2v) is 5.61. The molecule has 1 aromatic heterocycles. The van der Waals surface area contributed by atoms with E-state index in [0.717, 1.165) is 5.75 Å². The van der Waals surface area contributed by atoms with E-state index < -0.39 is 0 Å². The molecule has 0 spiro atoms. The molecular weight excluding hydrogens is 322 g/mol. The summed E-state index contributed by atoms with van der Waals surface area (Å²) >= 11 is 1.87. The van der Waals surface area contributed by atoms with Crippen molar-refractivity contribution >= 4 is 11.8 Å². The van der Waals surface area contributed by atoms with Crippen molar-refractivity contribution in [3.05, 3.63) is 66.5 Å². The zero-order valence-electron chi connectivity index (χ0n) is 12.2. The maximum atomic E-state index is 4.03. The minimum Gasteiger partial charge on any atom is -0.258 e. The summed E-state index contributed by atoms with van der Waals surface area (Å²) in [5, 5.41) is 7.87. The van der Waals surface area contributed by atoms with Crippen LogP contribution < -0.4 is 0 Å². The maximum Gasteiger partial charge on any atom is 2.00 e. The van der Waals surface area contributed by atoms with Crippen molar-refractivity contribution in [1.29, 1.82) is 0 Å². The molecule has 3 nitrogen and oxygen atoms in total. The maximum absolute atomic E-state index is 4.03. The van der Waals surface area contributed by atoms with E-state index in [1.807, 2.05) is 53.0 Å². The molecule has 0 bridgehead atoms. The van der Waals surface area contributed by atoms with Crippen LogP contribution in [0.4, 0.5) is 0 Å². The molecule has 0 unspecified atom stereocenters. The van der Waals surface area contributed by atoms with Crippen LogP contribution in [0.3, 0.4) is 0 Å². The molecule has 3 aromatic rings. The van der Waals surface area contributed by atoms with Gasteiger partial charge in [-0.05, 0) is 5.75 Å². The number of rotatable bonds is 4. The van der Waals surface area contributed by atoms with Gasteiger partial charge in [0, 0.05) is 12.2 Å². The Labute approximate surface area is 141 Å². The summed E-state index contributed by atoms with van der Waals surface area (Å²) in [6, 6.07) is 16.7. The molecule has 5 heteroatoms. The zero-order chi connectivity index (χ0) is 14.2. The SMILES string of the molecule is CCSc1[cH-]ccc1[C@H](C)n1ccnn1.[Fe+2].c1cc[cH-]c1. The average molecular weight is 341 g/mol. The van der Waals surface area contributed by atoms with Crippen LogP contribution in [0, 0.1) is 0 Å². The van der Waals surface area contributed by atoms with Crippen molar-refractivity contribution in [3.8, 4) is 0 Å². The molecule has 0 aliphatic rings. The summed E-state index contributed by atoms with van der Waals surface area (Å²) in [4.78, 5) is 1.35. The minimum atomic E-state index is 0. The van der Waals surface area contributed by atoms with Crippen LogP contribution in [0.5, 0.6) is 0 Å². The summed E-state index contributed by atoms with van der Waals surface area (Å²) in [5.41, 5.74) is 1.33. The Morgan fingerprint density at radius 3 is 2.57 bits per heavy atom. The van der Waals surface area contributed by atoms with Crippen LogP contribution in [-0.2, 0) is 17.1 Å². The van der Waals surface area contributed by atoms with Gasteiger partial charge in [0.25, 0.3) is 0 Å². The molecule has 1 heterocycles. The van der Waals surface area contributed by atoms with Crippen LogP contribution in [0.1, 0.15) is 25.5 Å². The third-order valence-electron chi connectivity index (χ3n) is 2.95. The third-order valence-corrected chi connectivity index (χ3v) is 3.92. The molecule has 2 aromatic carbocycles. The quantitative estimate of drug-likeness (QED) is 0.406. The van der Waals surface area contributed by atoms with E-state index in [2.05, 4.69) is 42.4 Å². The molecular formula is C16H19FeN3S. The van der Waals surface area contributed by atoms with Crippen molar-refractivity contribution in [2.75, 3.05) is 5.75 Å². The van der Waals surface area contributed by atoms with Gasteiger partial charge < -0.3 is 0 Å². The van der Waals surface area contributed by atoms with Crippen LogP contribution in [0.25, 0.3) is 0 Å². The Balaban J connectivity index is 0.000000313. The summed E-state index contributed by atoms with van der Waals surface area (Å²) in [7, 11) is 0. The monoisotopic (exact) mass is 341 g/mol. The first-order chi connectivity index (χ1) is 9.83. The molecule has 0 amide bonds. The Morgan fingerprint density at radius 2 is 2.05 bits per heavy atom. The van der Waals surface area contributed by atoms with Gasteiger partial charge >= 0.3 is 17.1 Å². The largest absolute Gasteiger partial charge is 2.00 e. The van der Waals surface area contributed by atoms with Crippen molar-refractivity contribution in [3.63, 3.8) is 0 Å². The van der Waals surface area contributed by atoms with Crippen LogP contribution >= 0.6 is 11.8 Å². The van der Waals surface area contributed by atoms with Crippen molar-refractivity contribution in [1.82, 2.24) is 15.0 Å². The van der Waals surface area contributed by atoms with E-state index in [1.54, 1.807) is 6.20 Å². The molecule has 0 N–H and O–H groups in total. The summed E-state index contributed by atoms with van der Waals surface area (Å²) in [6.45, 7) is 4.31. The third kappa shape index (κ3) is 5.20. The van der Waals surface area contributed by atoms with Gasteiger partial charge in [-0.3, -0.25) is 4.68 Å². The number of nitrogens with zero attached hydrogens (tertiary/aromatic N) is 3. The van der Waals surface area contributed by atoms with Gasteiger partial charge in [0.15, 0.2) is 0 Å². The smallest absolute Gasteiger partial charge is 0.258 e. The van der Waals surface area contributed by atoms with Gasteiger partial charge in [-0.25, -0.2) is 18.2 Å². The topological polar surface area (TPSA) is 30.7 Å². The molecule has 0 radical (unpaired) electrons. The van der Waals surface area contributed by atoms with E-state index in [4.69, 9.17) is 0 Å². The first-order valence-corrected chi connectivity index (χ1v) is 7.72. The normalized spacial score (nSPS) is 11.1. The molecule has 0 aliphatic heterocycles. The summed E-state index contributed by atoms with van der Waals surface area (Å²) < 4.78 is 1.88. The molecule has 0 aliphatic carbocycles. The fraction of sp³-hybridized carbons (Fsp3) is 0.250. The van der Waals surface area contributed by atoms with E-state index in [9.17, 15) is 0 Å². The van der Waals surface area contributed by atoms with E-state index >= 15 is 0 Å². The zero-order valence-corrected chi connectivity index (χ0v) is 14.1. The summed E-state index contributed by atoms with van der Waals surface area (Å²) in [6.07, 6.45) is 3.62. The predicted molar refractivity (Wildman–Crippen MR) is 84.3 cm³/mol.